The highest BCUT2D eigenvalue weighted by Gasteiger charge is 2.36. The zero-order valence-corrected chi connectivity index (χ0v) is 32.9. The van der Waals surface area contributed by atoms with Crippen LogP contribution in [0, 0.1) is 0 Å². The Balaban J connectivity index is 1.08. The molecular weight excluding hydrogens is 719 g/mol. The number of hydrogen-bond donors (Lipinski definition) is 2. The maximum Gasteiger partial charge on any atom is 0.159 e. The first-order valence-electron chi connectivity index (χ1n) is 20.3. The molecule has 0 spiro atoms. The van der Waals surface area contributed by atoms with E-state index in [-0.39, 0.29) is 11.6 Å². The Morgan fingerprint density at radius 3 is 2.08 bits per heavy atom. The summed E-state index contributed by atoms with van der Waals surface area (Å²) in [5.74, 6) is 1.50. The second-order valence-corrected chi connectivity index (χ2v) is 16.1. The van der Waals surface area contributed by atoms with Gasteiger partial charge in [-0.1, -0.05) is 159 Å². The molecule has 0 radical (unpaired) electrons. The van der Waals surface area contributed by atoms with Crippen molar-refractivity contribution in [1.82, 2.24) is 15.6 Å². The summed E-state index contributed by atoms with van der Waals surface area (Å²) in [7, 11) is 0. The van der Waals surface area contributed by atoms with Gasteiger partial charge in [-0.25, -0.2) is 15.0 Å². The van der Waals surface area contributed by atoms with Crippen molar-refractivity contribution in [3.63, 3.8) is 0 Å². The number of aliphatic imine (C=N–C) groups is 2. The number of fused-ring (bicyclic) bond motifs is 6. The molecule has 0 fully saturated rings. The molecule has 0 bridgehead atoms. The molecule has 282 valence electrons. The molecule has 1 atom stereocenters. The van der Waals surface area contributed by atoms with E-state index in [0.717, 1.165) is 62.5 Å². The van der Waals surface area contributed by atoms with Crippen molar-refractivity contribution >= 4 is 28.7 Å². The number of nitrogens with one attached hydrogen (secondary N) is 2. The SMILES string of the molecule is CC1(C)c2ccccc2-c2c(-c3cc(-c4ccc(-c5nc6ccccc6c6c5CNC=C6)cc4)cc(C4N=C(c5ccccc5)N=C(c5ccccc5)N4)c3)cccc21. The van der Waals surface area contributed by atoms with Gasteiger partial charge < -0.3 is 10.6 Å². The Morgan fingerprint density at radius 2 is 1.25 bits per heavy atom. The smallest absolute Gasteiger partial charge is 0.159 e. The second-order valence-electron chi connectivity index (χ2n) is 16.1. The van der Waals surface area contributed by atoms with E-state index in [1.807, 2.05) is 30.5 Å². The van der Waals surface area contributed by atoms with Crippen LogP contribution in [0.25, 0.3) is 61.6 Å². The largest absolute Gasteiger partial charge is 0.387 e. The quantitative estimate of drug-likeness (QED) is 0.177. The van der Waals surface area contributed by atoms with E-state index in [9.17, 15) is 0 Å². The van der Waals surface area contributed by atoms with Crippen molar-refractivity contribution in [1.29, 1.82) is 0 Å². The van der Waals surface area contributed by atoms with E-state index in [2.05, 4.69) is 176 Å². The van der Waals surface area contributed by atoms with Crippen LogP contribution in [-0.4, -0.2) is 16.7 Å². The van der Waals surface area contributed by atoms with Crippen LogP contribution in [-0.2, 0) is 12.0 Å². The van der Waals surface area contributed by atoms with Gasteiger partial charge in [-0.15, -0.1) is 0 Å². The summed E-state index contributed by atoms with van der Waals surface area (Å²) >= 11 is 0. The normalized spacial score (nSPS) is 15.9. The lowest BCUT2D eigenvalue weighted by Gasteiger charge is -2.25. The summed E-state index contributed by atoms with van der Waals surface area (Å²) in [6, 6.07) is 60.6. The number of pyridine rings is 1. The van der Waals surface area contributed by atoms with Gasteiger partial charge in [-0.2, -0.15) is 0 Å². The van der Waals surface area contributed by atoms with E-state index in [0.29, 0.717) is 5.84 Å². The first-order valence-corrected chi connectivity index (χ1v) is 20.3. The maximum atomic E-state index is 5.32. The molecule has 3 heterocycles. The first-order chi connectivity index (χ1) is 29.0. The predicted octanol–water partition coefficient (Wildman–Crippen LogP) is 12.1. The highest BCUT2D eigenvalue weighted by molar-refractivity contribution is 6.13. The van der Waals surface area contributed by atoms with Crippen LogP contribution in [0.3, 0.4) is 0 Å². The highest BCUT2D eigenvalue weighted by atomic mass is 15.2. The molecule has 2 N–H and O–H groups in total. The van der Waals surface area contributed by atoms with Crippen molar-refractivity contribution in [3.05, 3.63) is 215 Å². The molecule has 0 saturated carbocycles. The number of hydrogen-bond acceptors (Lipinski definition) is 5. The minimum Gasteiger partial charge on any atom is -0.387 e. The standard InChI is InChI=1S/C54H41N5/c1-54(2)46-21-11-9-19-44(46)49-41(20-13-22-47(49)54)39-30-38(34-24-26-35(27-25-34)50-45-33-55-29-28-42(45)43-18-10-12-23-48(43)56-50)31-40(32-39)53-58-51(36-14-5-3-6-15-36)57-52(59-53)37-16-7-4-8-17-37/h3-32,53,55H,33H2,1-2H3,(H,57,58,59). The fourth-order valence-corrected chi connectivity index (χ4v) is 9.21. The van der Waals surface area contributed by atoms with Gasteiger partial charge in [0.1, 0.15) is 12.0 Å². The van der Waals surface area contributed by atoms with Crippen molar-refractivity contribution < 1.29 is 0 Å². The molecule has 1 unspecified atom stereocenters. The number of benzene rings is 7. The number of rotatable bonds is 6. The number of para-hydroxylation sites is 1. The van der Waals surface area contributed by atoms with E-state index in [4.69, 9.17) is 15.0 Å². The zero-order chi connectivity index (χ0) is 39.5. The Kier molecular flexibility index (Phi) is 8.22. The van der Waals surface area contributed by atoms with Crippen molar-refractivity contribution in [2.75, 3.05) is 0 Å². The summed E-state index contributed by atoms with van der Waals surface area (Å²) in [4.78, 5) is 15.6. The summed E-state index contributed by atoms with van der Waals surface area (Å²) in [6.45, 7) is 5.42. The van der Waals surface area contributed by atoms with Crippen LogP contribution < -0.4 is 10.6 Å². The summed E-state index contributed by atoms with van der Waals surface area (Å²) in [6.07, 6.45) is 3.83. The molecule has 0 amide bonds. The van der Waals surface area contributed by atoms with Gasteiger partial charge in [0.25, 0.3) is 0 Å². The zero-order valence-electron chi connectivity index (χ0n) is 32.9. The van der Waals surface area contributed by atoms with Gasteiger partial charge in [0.15, 0.2) is 5.84 Å². The lowest BCUT2D eigenvalue weighted by Crippen LogP contribution is -2.33. The third kappa shape index (κ3) is 5.97. The fourth-order valence-electron chi connectivity index (χ4n) is 9.21. The molecule has 5 heteroatoms. The molecule has 0 saturated heterocycles. The van der Waals surface area contributed by atoms with Gasteiger partial charge in [-0.3, -0.25) is 0 Å². The average Bonchev–Trinajstić information content (AvgIpc) is 3.55. The van der Waals surface area contributed by atoms with Crippen LogP contribution in [0.2, 0.25) is 0 Å². The number of amidine groups is 2. The van der Waals surface area contributed by atoms with Gasteiger partial charge in [0, 0.05) is 39.6 Å². The monoisotopic (exact) mass is 759 g/mol. The molecule has 1 aromatic heterocycles. The Morgan fingerprint density at radius 1 is 0.576 bits per heavy atom. The lowest BCUT2D eigenvalue weighted by atomic mass is 9.82. The van der Waals surface area contributed by atoms with Gasteiger partial charge in [0.2, 0.25) is 0 Å². The molecule has 3 aliphatic rings. The van der Waals surface area contributed by atoms with Gasteiger partial charge in [-0.05, 0) is 92.2 Å². The summed E-state index contributed by atoms with van der Waals surface area (Å²) in [5, 5.41) is 8.34. The molecule has 5 nitrogen and oxygen atoms in total. The third-order valence-electron chi connectivity index (χ3n) is 12.2. The van der Waals surface area contributed by atoms with Crippen LogP contribution in [0.5, 0.6) is 0 Å². The van der Waals surface area contributed by atoms with E-state index in [1.54, 1.807) is 0 Å². The van der Waals surface area contributed by atoms with Crippen molar-refractivity contribution in [3.8, 4) is 44.6 Å². The summed E-state index contributed by atoms with van der Waals surface area (Å²) in [5.41, 5.74) is 18.4. The van der Waals surface area contributed by atoms with Crippen molar-refractivity contribution in [2.45, 2.75) is 32.0 Å². The predicted molar refractivity (Wildman–Crippen MR) is 243 cm³/mol. The van der Waals surface area contributed by atoms with E-state index < -0.39 is 0 Å². The fraction of sp³-hybridized carbons (Fsp3) is 0.0926. The lowest BCUT2D eigenvalue weighted by molar-refractivity contribution is 0.660. The molecule has 8 aromatic rings. The summed E-state index contributed by atoms with van der Waals surface area (Å²) < 4.78 is 0. The Labute approximate surface area is 344 Å². The molecule has 59 heavy (non-hydrogen) atoms. The Hall–Kier alpha value is -7.37. The van der Waals surface area contributed by atoms with E-state index >= 15 is 0 Å². The molecule has 7 aromatic carbocycles. The molecular formula is C54H41N5. The van der Waals surface area contributed by atoms with Crippen molar-refractivity contribution in [2.24, 2.45) is 9.98 Å². The number of nitrogens with zero attached hydrogens (tertiary/aromatic N) is 3. The minimum atomic E-state index is -0.384. The first kappa shape index (κ1) is 34.8. The van der Waals surface area contributed by atoms with E-state index in [1.165, 1.54) is 44.3 Å². The topological polar surface area (TPSA) is 61.7 Å². The maximum absolute atomic E-state index is 5.32. The average molecular weight is 760 g/mol. The highest BCUT2D eigenvalue weighted by Crippen LogP contribution is 2.52. The molecule has 2 aliphatic heterocycles. The van der Waals surface area contributed by atoms with Crippen LogP contribution in [0.15, 0.2) is 186 Å². The van der Waals surface area contributed by atoms with Crippen LogP contribution in [0.1, 0.15) is 59.0 Å². The third-order valence-corrected chi connectivity index (χ3v) is 12.2. The van der Waals surface area contributed by atoms with Gasteiger partial charge >= 0.3 is 0 Å². The van der Waals surface area contributed by atoms with Crippen LogP contribution >= 0.6 is 0 Å². The minimum absolute atomic E-state index is 0.111. The Bertz CT molecular complexity index is 3030. The molecule has 11 rings (SSSR count). The van der Waals surface area contributed by atoms with Gasteiger partial charge in [0.05, 0.1) is 11.2 Å². The molecule has 1 aliphatic carbocycles. The number of aromatic nitrogens is 1. The second kappa shape index (κ2) is 13.9. The van der Waals surface area contributed by atoms with Crippen LogP contribution in [0.4, 0.5) is 0 Å².